The second-order valence-corrected chi connectivity index (χ2v) is 4.91. The van der Waals surface area contributed by atoms with Gasteiger partial charge >= 0.3 is 0 Å². The van der Waals surface area contributed by atoms with Crippen LogP contribution in [0.2, 0.25) is 0 Å². The largest absolute Gasteiger partial charge is 0.324 e. The highest BCUT2D eigenvalue weighted by atomic mass is 32.2. The van der Waals surface area contributed by atoms with E-state index in [4.69, 9.17) is 0 Å². The molecule has 1 N–H and O–H groups in total. The summed E-state index contributed by atoms with van der Waals surface area (Å²) in [7, 11) is 0. The van der Waals surface area contributed by atoms with Crippen LogP contribution < -0.4 is 5.32 Å². The smallest absolute Gasteiger partial charge is 0.221 e. The first-order chi connectivity index (χ1) is 8.22. The quantitative estimate of drug-likeness (QED) is 0.845. The first-order valence-corrected chi connectivity index (χ1v) is 6.49. The Morgan fingerprint density at radius 2 is 2.18 bits per heavy atom. The maximum Gasteiger partial charge on any atom is 0.221 e. The number of carbonyl (C=O) groups is 1. The second-order valence-electron chi connectivity index (χ2n) is 3.63. The minimum atomic E-state index is -0.0694. The van der Waals surface area contributed by atoms with Gasteiger partial charge in [0.05, 0.1) is 17.4 Å². The Bertz CT molecular complexity index is 554. The molecule has 0 aliphatic heterocycles. The maximum absolute atomic E-state index is 11.2. The van der Waals surface area contributed by atoms with Crippen LogP contribution >= 0.6 is 11.8 Å². The molecule has 17 heavy (non-hydrogen) atoms. The van der Waals surface area contributed by atoms with E-state index in [0.717, 1.165) is 27.2 Å². The average molecular weight is 246 g/mol. The number of nitrogens with one attached hydrogen (secondary N) is 1. The fourth-order valence-corrected chi connectivity index (χ4v) is 2.57. The van der Waals surface area contributed by atoms with Crippen LogP contribution in [0.15, 0.2) is 35.4 Å². The molecule has 0 saturated heterocycles. The molecule has 1 aromatic heterocycles. The third-order valence-corrected chi connectivity index (χ3v) is 3.34. The number of hydrogen-bond acceptors (Lipinski definition) is 3. The summed E-state index contributed by atoms with van der Waals surface area (Å²) in [6.07, 6.45) is 1.72. The number of hydrogen-bond donors (Lipinski definition) is 1. The van der Waals surface area contributed by atoms with Gasteiger partial charge < -0.3 is 5.32 Å². The highest BCUT2D eigenvalue weighted by Crippen LogP contribution is 2.33. The number of thioether (sulfide) groups is 1. The van der Waals surface area contributed by atoms with Crippen molar-refractivity contribution in [3.05, 3.63) is 30.5 Å². The van der Waals surface area contributed by atoms with Crippen LogP contribution in [-0.4, -0.2) is 16.6 Å². The first-order valence-electron chi connectivity index (χ1n) is 5.50. The van der Waals surface area contributed by atoms with Crippen LogP contribution in [0.1, 0.15) is 13.8 Å². The van der Waals surface area contributed by atoms with Crippen molar-refractivity contribution in [3.63, 3.8) is 0 Å². The van der Waals surface area contributed by atoms with Crippen molar-refractivity contribution in [3.8, 4) is 0 Å². The number of anilines is 1. The van der Waals surface area contributed by atoms with Crippen molar-refractivity contribution in [2.75, 3.05) is 11.1 Å². The lowest BCUT2D eigenvalue weighted by molar-refractivity contribution is -0.114. The minimum Gasteiger partial charge on any atom is -0.324 e. The Morgan fingerprint density at radius 3 is 2.88 bits per heavy atom. The molecule has 0 spiro atoms. The van der Waals surface area contributed by atoms with Crippen molar-refractivity contribution in [2.24, 2.45) is 0 Å². The molecular formula is C13H14N2OS. The molecule has 4 heteroatoms. The van der Waals surface area contributed by atoms with E-state index in [-0.39, 0.29) is 5.91 Å². The van der Waals surface area contributed by atoms with Gasteiger partial charge in [-0.3, -0.25) is 9.78 Å². The minimum absolute atomic E-state index is 0.0694. The normalized spacial score (nSPS) is 10.5. The van der Waals surface area contributed by atoms with Gasteiger partial charge in [-0.05, 0) is 11.8 Å². The number of amides is 1. The van der Waals surface area contributed by atoms with Crippen LogP contribution in [0, 0.1) is 0 Å². The van der Waals surface area contributed by atoms with Crippen molar-refractivity contribution >= 4 is 34.3 Å². The summed E-state index contributed by atoms with van der Waals surface area (Å²) in [6, 6.07) is 7.97. The van der Waals surface area contributed by atoms with Crippen molar-refractivity contribution in [2.45, 2.75) is 18.7 Å². The highest BCUT2D eigenvalue weighted by molar-refractivity contribution is 7.99. The summed E-state index contributed by atoms with van der Waals surface area (Å²) in [4.78, 5) is 16.6. The van der Waals surface area contributed by atoms with Gasteiger partial charge in [0, 0.05) is 17.2 Å². The molecule has 1 aromatic carbocycles. The first kappa shape index (κ1) is 11.9. The number of benzene rings is 1. The van der Waals surface area contributed by atoms with E-state index in [9.17, 15) is 4.79 Å². The maximum atomic E-state index is 11.2. The summed E-state index contributed by atoms with van der Waals surface area (Å²) >= 11 is 1.72. The molecule has 1 heterocycles. The summed E-state index contributed by atoms with van der Waals surface area (Å²) < 4.78 is 0. The highest BCUT2D eigenvalue weighted by Gasteiger charge is 2.09. The summed E-state index contributed by atoms with van der Waals surface area (Å²) in [6.45, 7) is 3.60. The van der Waals surface area contributed by atoms with Crippen LogP contribution in [0.5, 0.6) is 0 Å². The van der Waals surface area contributed by atoms with Crippen molar-refractivity contribution in [1.29, 1.82) is 0 Å². The van der Waals surface area contributed by atoms with Crippen molar-refractivity contribution < 1.29 is 4.79 Å². The lowest BCUT2D eigenvalue weighted by atomic mass is 10.2. The van der Waals surface area contributed by atoms with Gasteiger partial charge in [0.25, 0.3) is 0 Å². The SMILES string of the molecule is CCSc1c(NC(C)=O)cnc2ccccc12. The predicted molar refractivity (Wildman–Crippen MR) is 72.4 cm³/mol. The molecule has 3 nitrogen and oxygen atoms in total. The number of para-hydroxylation sites is 1. The van der Waals surface area contributed by atoms with E-state index in [1.807, 2.05) is 24.3 Å². The number of nitrogens with zero attached hydrogens (tertiary/aromatic N) is 1. The van der Waals surface area contributed by atoms with Gasteiger partial charge in [-0.1, -0.05) is 25.1 Å². The number of carbonyl (C=O) groups excluding carboxylic acids is 1. The third kappa shape index (κ3) is 2.58. The van der Waals surface area contributed by atoms with Gasteiger partial charge in [-0.15, -0.1) is 11.8 Å². The molecule has 2 rings (SSSR count). The molecule has 0 fully saturated rings. The van der Waals surface area contributed by atoms with Crippen LogP contribution in [0.3, 0.4) is 0 Å². The van der Waals surface area contributed by atoms with Crippen LogP contribution in [0.25, 0.3) is 10.9 Å². The Morgan fingerprint density at radius 1 is 1.41 bits per heavy atom. The van der Waals surface area contributed by atoms with E-state index < -0.39 is 0 Å². The summed E-state index contributed by atoms with van der Waals surface area (Å²) in [5.41, 5.74) is 1.75. The monoisotopic (exact) mass is 246 g/mol. The molecule has 1 amide bonds. The van der Waals surface area contributed by atoms with Crippen molar-refractivity contribution in [1.82, 2.24) is 4.98 Å². The lowest BCUT2D eigenvalue weighted by Gasteiger charge is -2.11. The molecule has 0 saturated carbocycles. The number of rotatable bonds is 3. The molecule has 0 aliphatic rings. The second kappa shape index (κ2) is 5.19. The fourth-order valence-electron chi connectivity index (χ4n) is 1.69. The van der Waals surface area contributed by atoms with E-state index in [2.05, 4.69) is 17.2 Å². The fraction of sp³-hybridized carbons (Fsp3) is 0.231. The van der Waals surface area contributed by atoms with E-state index in [0.29, 0.717) is 0 Å². The molecule has 0 aliphatic carbocycles. The van der Waals surface area contributed by atoms with Gasteiger partial charge in [0.15, 0.2) is 0 Å². The van der Waals surface area contributed by atoms with Crippen LogP contribution in [-0.2, 0) is 4.79 Å². The van der Waals surface area contributed by atoms with Gasteiger partial charge in [0.1, 0.15) is 0 Å². The molecular weight excluding hydrogens is 232 g/mol. The summed E-state index contributed by atoms with van der Waals surface area (Å²) in [5, 5.41) is 3.92. The Labute approximate surface area is 105 Å². The topological polar surface area (TPSA) is 42.0 Å². The number of aromatic nitrogens is 1. The van der Waals surface area contributed by atoms with E-state index >= 15 is 0 Å². The van der Waals surface area contributed by atoms with Gasteiger partial charge in [-0.2, -0.15) is 0 Å². The molecule has 88 valence electrons. The van der Waals surface area contributed by atoms with E-state index in [1.165, 1.54) is 6.92 Å². The predicted octanol–water partition coefficient (Wildman–Crippen LogP) is 3.31. The molecule has 0 unspecified atom stereocenters. The van der Waals surface area contributed by atoms with Gasteiger partial charge in [0.2, 0.25) is 5.91 Å². The Balaban J connectivity index is 2.59. The average Bonchev–Trinajstić information content (AvgIpc) is 2.32. The zero-order valence-corrected chi connectivity index (χ0v) is 10.7. The third-order valence-electron chi connectivity index (χ3n) is 2.33. The van der Waals surface area contributed by atoms with Crippen LogP contribution in [0.4, 0.5) is 5.69 Å². The number of pyridine rings is 1. The Kier molecular flexibility index (Phi) is 3.64. The zero-order chi connectivity index (χ0) is 12.3. The number of fused-ring (bicyclic) bond motifs is 1. The van der Waals surface area contributed by atoms with Gasteiger partial charge in [-0.25, -0.2) is 0 Å². The standard InChI is InChI=1S/C13H14N2OS/c1-3-17-13-10-6-4-5-7-11(10)14-8-12(13)15-9(2)16/h4-8H,3H2,1-2H3,(H,15,16). The molecule has 0 bridgehead atoms. The lowest BCUT2D eigenvalue weighted by Crippen LogP contribution is -2.07. The summed E-state index contributed by atoms with van der Waals surface area (Å²) in [5.74, 6) is 0.890. The van der Waals surface area contributed by atoms with E-state index in [1.54, 1.807) is 18.0 Å². The molecule has 0 radical (unpaired) electrons. The zero-order valence-electron chi connectivity index (χ0n) is 9.86. The molecule has 2 aromatic rings. The molecule has 0 atom stereocenters. The Hall–Kier alpha value is -1.55.